The number of benzene rings is 2. The Morgan fingerprint density at radius 1 is 1.31 bits per heavy atom. The molecule has 0 radical (unpaired) electrons. The zero-order chi connectivity index (χ0) is 20.6. The maximum absolute atomic E-state index is 12.9. The number of rotatable bonds is 7. The van der Waals surface area contributed by atoms with Crippen molar-refractivity contribution in [3.63, 3.8) is 0 Å². The quantitative estimate of drug-likeness (QED) is 0.257. The molecule has 4 rings (SSSR count). The van der Waals surface area contributed by atoms with E-state index in [0.717, 1.165) is 22.9 Å². The number of thioether (sulfide) groups is 1. The molecule has 3 aromatic rings. The van der Waals surface area contributed by atoms with Crippen LogP contribution in [-0.2, 0) is 4.74 Å². The highest BCUT2D eigenvalue weighted by Crippen LogP contribution is 2.36. The number of epoxide rings is 1. The topological polar surface area (TPSA) is 80.5 Å². The summed E-state index contributed by atoms with van der Waals surface area (Å²) >= 11 is 15.2. The van der Waals surface area contributed by atoms with Crippen molar-refractivity contribution in [2.24, 2.45) is 0 Å². The van der Waals surface area contributed by atoms with E-state index in [0.29, 0.717) is 10.0 Å². The molecule has 0 aliphatic carbocycles. The van der Waals surface area contributed by atoms with Crippen LogP contribution in [0, 0.1) is 0 Å². The van der Waals surface area contributed by atoms with Crippen molar-refractivity contribution in [3.8, 4) is 0 Å². The Morgan fingerprint density at radius 2 is 2.00 bits per heavy atom. The first-order chi connectivity index (χ1) is 13.8. The minimum Gasteiger partial charge on any atom is -0.382 e. The van der Waals surface area contributed by atoms with E-state index >= 15 is 0 Å². The summed E-state index contributed by atoms with van der Waals surface area (Å²) in [6.45, 7) is 2.91. The van der Waals surface area contributed by atoms with Gasteiger partial charge in [-0.25, -0.2) is 4.98 Å². The van der Waals surface area contributed by atoms with E-state index in [-0.39, 0.29) is 32.8 Å². The number of nitrogens with zero attached hydrogens (tertiary/aromatic N) is 1. The highest BCUT2D eigenvalue weighted by Gasteiger charge is 2.38. The predicted molar refractivity (Wildman–Crippen MR) is 121 cm³/mol. The monoisotopic (exact) mass is 465 g/mol. The normalized spacial score (nSPS) is 17.9. The second kappa shape index (κ2) is 8.16. The Hall–Kier alpha value is -1.77. The highest BCUT2D eigenvalue weighted by molar-refractivity contribution is 7.99. The van der Waals surface area contributed by atoms with Gasteiger partial charge >= 0.3 is 0 Å². The molecule has 1 aliphatic heterocycles. The van der Waals surface area contributed by atoms with Crippen molar-refractivity contribution in [2.75, 3.05) is 23.4 Å². The molecule has 1 unspecified atom stereocenters. The second-order valence-corrected chi connectivity index (χ2v) is 9.70. The second-order valence-electron chi connectivity index (χ2n) is 6.84. The van der Waals surface area contributed by atoms with Gasteiger partial charge in [0.2, 0.25) is 5.78 Å². The third-order valence-corrected chi connectivity index (χ3v) is 7.27. The number of nitrogens with two attached hydrogens (primary N) is 1. The number of aromatic nitrogens is 1. The van der Waals surface area contributed by atoms with Crippen molar-refractivity contribution >= 4 is 68.7 Å². The van der Waals surface area contributed by atoms with Gasteiger partial charge < -0.3 is 15.8 Å². The van der Waals surface area contributed by atoms with Gasteiger partial charge in [0.05, 0.1) is 27.8 Å². The van der Waals surface area contributed by atoms with Crippen molar-refractivity contribution in [1.29, 1.82) is 0 Å². The lowest BCUT2D eigenvalue weighted by atomic mass is 10.1. The summed E-state index contributed by atoms with van der Waals surface area (Å²) in [7, 11) is 0. The molecule has 150 valence electrons. The fraction of sp³-hybridized carbons (Fsp3) is 0.200. The van der Waals surface area contributed by atoms with E-state index in [4.69, 9.17) is 33.7 Å². The lowest BCUT2D eigenvalue weighted by Crippen LogP contribution is -2.07. The molecular formula is C20H17Cl2N3O2S2. The summed E-state index contributed by atoms with van der Waals surface area (Å²) in [6.07, 6.45) is 0. The van der Waals surface area contributed by atoms with Gasteiger partial charge in [-0.05, 0) is 37.3 Å². The maximum Gasteiger partial charge on any atom is 0.209 e. The number of ether oxygens (including phenoxy) is 1. The molecule has 0 amide bonds. The Kier molecular flexibility index (Phi) is 5.77. The van der Waals surface area contributed by atoms with E-state index < -0.39 is 0 Å². The number of nitrogens with one attached hydrogen (secondary N) is 1. The Labute approximate surface area is 186 Å². The number of carbonyl (C=O) groups excluding carboxylic acids is 1. The van der Waals surface area contributed by atoms with Gasteiger partial charge in [-0.15, -0.1) is 11.8 Å². The van der Waals surface area contributed by atoms with Gasteiger partial charge in [0.25, 0.3) is 0 Å². The average Bonchev–Trinajstić information content (AvgIpc) is 3.31. The minimum atomic E-state index is -0.342. The number of hydrogen-bond donors (Lipinski definition) is 2. The molecule has 2 heterocycles. The molecule has 0 spiro atoms. The smallest absolute Gasteiger partial charge is 0.209 e. The van der Waals surface area contributed by atoms with Crippen LogP contribution in [0.2, 0.25) is 10.0 Å². The zero-order valence-electron chi connectivity index (χ0n) is 15.4. The predicted octanol–water partition coefficient (Wildman–Crippen LogP) is 5.89. The lowest BCUT2D eigenvalue weighted by Gasteiger charge is -2.07. The molecule has 9 heteroatoms. The Bertz CT molecular complexity index is 1060. The van der Waals surface area contributed by atoms with E-state index in [1.165, 1.54) is 11.3 Å². The van der Waals surface area contributed by atoms with Crippen molar-refractivity contribution in [3.05, 3.63) is 63.0 Å². The van der Waals surface area contributed by atoms with Crippen LogP contribution < -0.4 is 11.1 Å². The number of halogens is 2. The van der Waals surface area contributed by atoms with Gasteiger partial charge in [0.1, 0.15) is 10.7 Å². The summed E-state index contributed by atoms with van der Waals surface area (Å²) in [5, 5.41) is 4.30. The first-order valence-electron chi connectivity index (χ1n) is 8.73. The molecule has 5 nitrogen and oxygen atoms in total. The largest absolute Gasteiger partial charge is 0.382 e. The molecular weight excluding hydrogens is 449 g/mol. The van der Waals surface area contributed by atoms with Gasteiger partial charge in [-0.2, -0.15) is 0 Å². The number of carbonyl (C=O) groups is 1. The van der Waals surface area contributed by atoms with Crippen LogP contribution in [0.4, 0.5) is 16.6 Å². The van der Waals surface area contributed by atoms with Crippen molar-refractivity contribution in [1.82, 2.24) is 4.98 Å². The van der Waals surface area contributed by atoms with E-state index in [1.807, 2.05) is 24.3 Å². The number of hydrogen-bond acceptors (Lipinski definition) is 7. The maximum atomic E-state index is 12.9. The van der Waals surface area contributed by atoms with Crippen molar-refractivity contribution < 1.29 is 9.53 Å². The van der Waals surface area contributed by atoms with Crippen LogP contribution in [0.3, 0.4) is 0 Å². The molecule has 0 bridgehead atoms. The van der Waals surface area contributed by atoms with Crippen LogP contribution in [0.1, 0.15) is 22.2 Å². The van der Waals surface area contributed by atoms with Crippen LogP contribution in [0.15, 0.2) is 47.4 Å². The minimum absolute atomic E-state index is 0.00684. The van der Waals surface area contributed by atoms with Gasteiger partial charge in [-0.3, -0.25) is 4.79 Å². The molecule has 29 heavy (non-hydrogen) atoms. The molecule has 1 atom stereocenters. The molecule has 1 saturated heterocycles. The van der Waals surface area contributed by atoms with E-state index in [9.17, 15) is 4.79 Å². The van der Waals surface area contributed by atoms with Gasteiger partial charge in [-0.1, -0.05) is 46.7 Å². The molecule has 3 N–H and O–H groups in total. The molecule has 2 aromatic carbocycles. The first-order valence-corrected chi connectivity index (χ1v) is 11.3. The van der Waals surface area contributed by atoms with E-state index in [2.05, 4.69) is 17.2 Å². The fourth-order valence-corrected chi connectivity index (χ4v) is 5.05. The van der Waals surface area contributed by atoms with Crippen LogP contribution in [0.25, 0.3) is 0 Å². The Balaban J connectivity index is 1.52. The molecule has 1 aromatic heterocycles. The number of ketones is 1. The number of anilines is 3. The van der Waals surface area contributed by atoms with Crippen molar-refractivity contribution in [2.45, 2.75) is 17.4 Å². The van der Waals surface area contributed by atoms with Crippen LogP contribution >= 0.6 is 46.3 Å². The average molecular weight is 466 g/mol. The zero-order valence-corrected chi connectivity index (χ0v) is 18.5. The van der Waals surface area contributed by atoms with Gasteiger partial charge in [0.15, 0.2) is 5.13 Å². The SMILES string of the molecule is CC1(CSc2cccc(Nc3nc(N)c(C(=O)c4c(Cl)cccc4Cl)s3)c2)CO1. The van der Waals surface area contributed by atoms with E-state index in [1.54, 1.807) is 30.0 Å². The fourth-order valence-electron chi connectivity index (χ4n) is 2.61. The van der Waals surface area contributed by atoms with Crippen LogP contribution in [-0.4, -0.2) is 28.7 Å². The number of thiazole rings is 1. The summed E-state index contributed by atoms with van der Waals surface area (Å²) in [6, 6.07) is 12.9. The molecule has 1 aliphatic rings. The molecule has 1 fully saturated rings. The third kappa shape index (κ3) is 4.70. The highest BCUT2D eigenvalue weighted by atomic mass is 35.5. The Morgan fingerprint density at radius 3 is 2.69 bits per heavy atom. The number of nitrogen functional groups attached to an aromatic ring is 1. The summed E-state index contributed by atoms with van der Waals surface area (Å²) in [5.74, 6) is 0.700. The summed E-state index contributed by atoms with van der Waals surface area (Å²) in [5.41, 5.74) is 7.08. The van der Waals surface area contributed by atoms with Gasteiger partial charge in [0, 0.05) is 16.3 Å². The first kappa shape index (κ1) is 20.5. The third-order valence-electron chi connectivity index (χ3n) is 4.32. The lowest BCUT2D eigenvalue weighted by molar-refractivity contribution is 0.104. The molecule has 0 saturated carbocycles. The standard InChI is InChI=1S/C20H17Cl2N3O2S2/c1-20(9-27-20)10-28-12-5-2-4-11(8-12)24-19-25-18(23)17(29-19)16(26)15-13(21)6-3-7-14(15)22/h2-8H,9-10,23H2,1H3,(H,24,25). The summed E-state index contributed by atoms with van der Waals surface area (Å²) < 4.78 is 5.43. The summed E-state index contributed by atoms with van der Waals surface area (Å²) in [4.78, 5) is 18.6. The van der Waals surface area contributed by atoms with Crippen LogP contribution in [0.5, 0.6) is 0 Å².